The second-order valence-corrected chi connectivity index (χ2v) is 5.98. The summed E-state index contributed by atoms with van der Waals surface area (Å²) in [7, 11) is 1.72. The summed E-state index contributed by atoms with van der Waals surface area (Å²) < 4.78 is 6.51. The normalized spacial score (nSPS) is 11.6. The van der Waals surface area contributed by atoms with E-state index >= 15 is 0 Å². The van der Waals surface area contributed by atoms with E-state index < -0.39 is 0 Å². The Morgan fingerprint density at radius 3 is 2.42 bits per heavy atom. The van der Waals surface area contributed by atoms with E-state index in [0.717, 1.165) is 25.3 Å². The third-order valence-electron chi connectivity index (χ3n) is 4.07. The largest absolute Gasteiger partial charge is 0.497 e. The molecule has 0 atom stereocenters. The lowest BCUT2D eigenvalue weighted by Gasteiger charge is -2.32. The molecule has 0 heterocycles. The number of benzene rings is 1. The molecule has 1 aromatic carbocycles. The van der Waals surface area contributed by atoms with Crippen molar-refractivity contribution in [1.29, 1.82) is 0 Å². The molecule has 0 saturated carbocycles. The zero-order chi connectivity index (χ0) is 14.3. The Balaban J connectivity index is 2.95. The summed E-state index contributed by atoms with van der Waals surface area (Å²) in [5.74, 6) is 0.933. The summed E-state index contributed by atoms with van der Waals surface area (Å²) in [6, 6.07) is 6.23. The summed E-state index contributed by atoms with van der Waals surface area (Å²) in [5, 5.41) is 3.51. The van der Waals surface area contributed by atoms with Crippen LogP contribution in [-0.2, 0) is 6.42 Å². The molecule has 1 N–H and O–H groups in total. The van der Waals surface area contributed by atoms with Crippen LogP contribution in [0.4, 0.5) is 0 Å². The van der Waals surface area contributed by atoms with Crippen LogP contribution in [-0.4, -0.2) is 20.2 Å². The first-order valence-corrected chi connectivity index (χ1v) is 7.93. The molecule has 0 amide bonds. The van der Waals surface area contributed by atoms with Gasteiger partial charge in [-0.1, -0.05) is 36.7 Å². The van der Waals surface area contributed by atoms with Crippen molar-refractivity contribution < 1.29 is 4.74 Å². The minimum atomic E-state index is 0.324. The number of hydrogen-bond donors (Lipinski definition) is 1. The Kier molecular flexibility index (Phi) is 6.87. The van der Waals surface area contributed by atoms with Crippen LogP contribution in [0.25, 0.3) is 0 Å². The number of hydrogen-bond acceptors (Lipinski definition) is 2. The fourth-order valence-corrected chi connectivity index (χ4v) is 2.81. The predicted molar refractivity (Wildman–Crippen MR) is 86.0 cm³/mol. The van der Waals surface area contributed by atoms with Crippen molar-refractivity contribution in [3.8, 4) is 5.75 Å². The zero-order valence-corrected chi connectivity index (χ0v) is 14.1. The summed E-state index contributed by atoms with van der Waals surface area (Å²) in [5.41, 5.74) is 1.66. The average Bonchev–Trinajstić information content (AvgIpc) is 2.45. The molecule has 0 unspecified atom stereocenters. The standard InChI is InChI=1S/C16H26BrNO/c1-5-16(6-2,12-18-7-3)11-13-10-14(19-4)8-9-15(13)17/h8-10,18H,5-7,11-12H2,1-4H3. The quantitative estimate of drug-likeness (QED) is 0.763. The zero-order valence-electron chi connectivity index (χ0n) is 12.6. The molecule has 0 aliphatic rings. The molecule has 0 saturated heterocycles. The molecule has 1 rings (SSSR count). The van der Waals surface area contributed by atoms with Crippen molar-refractivity contribution in [2.24, 2.45) is 5.41 Å². The highest BCUT2D eigenvalue weighted by Crippen LogP contribution is 2.34. The van der Waals surface area contributed by atoms with Crippen LogP contribution in [0.1, 0.15) is 39.2 Å². The number of ether oxygens (including phenoxy) is 1. The average molecular weight is 328 g/mol. The van der Waals surface area contributed by atoms with Gasteiger partial charge in [-0.2, -0.15) is 0 Å². The Bertz CT molecular complexity index is 388. The molecular weight excluding hydrogens is 302 g/mol. The van der Waals surface area contributed by atoms with Gasteiger partial charge in [0.2, 0.25) is 0 Å². The van der Waals surface area contributed by atoms with Gasteiger partial charge in [-0.15, -0.1) is 0 Å². The van der Waals surface area contributed by atoms with Crippen LogP contribution in [0.15, 0.2) is 22.7 Å². The van der Waals surface area contributed by atoms with Crippen LogP contribution in [0.3, 0.4) is 0 Å². The third kappa shape index (κ3) is 4.50. The van der Waals surface area contributed by atoms with E-state index in [1.54, 1.807) is 7.11 Å². The molecule has 0 aliphatic carbocycles. The molecular formula is C16H26BrNO. The van der Waals surface area contributed by atoms with Gasteiger partial charge in [0.25, 0.3) is 0 Å². The summed E-state index contributed by atoms with van der Waals surface area (Å²) in [6.07, 6.45) is 3.44. The maximum atomic E-state index is 5.34. The molecule has 2 nitrogen and oxygen atoms in total. The second kappa shape index (κ2) is 7.91. The Morgan fingerprint density at radius 1 is 1.21 bits per heavy atom. The van der Waals surface area contributed by atoms with Gasteiger partial charge in [0.1, 0.15) is 5.75 Å². The van der Waals surface area contributed by atoms with Gasteiger partial charge in [-0.25, -0.2) is 0 Å². The van der Waals surface area contributed by atoms with Gasteiger partial charge >= 0.3 is 0 Å². The minimum Gasteiger partial charge on any atom is -0.497 e. The maximum Gasteiger partial charge on any atom is 0.119 e. The Morgan fingerprint density at radius 2 is 1.89 bits per heavy atom. The van der Waals surface area contributed by atoms with Crippen LogP contribution < -0.4 is 10.1 Å². The van der Waals surface area contributed by atoms with E-state index in [-0.39, 0.29) is 0 Å². The number of methoxy groups -OCH3 is 1. The van der Waals surface area contributed by atoms with E-state index in [2.05, 4.69) is 54.2 Å². The molecule has 0 aromatic heterocycles. The van der Waals surface area contributed by atoms with Crippen molar-refractivity contribution in [3.05, 3.63) is 28.2 Å². The van der Waals surface area contributed by atoms with E-state index in [1.165, 1.54) is 22.9 Å². The van der Waals surface area contributed by atoms with Crippen LogP contribution >= 0.6 is 15.9 Å². The van der Waals surface area contributed by atoms with E-state index in [1.807, 2.05) is 6.07 Å². The Labute approximate surface area is 126 Å². The van der Waals surface area contributed by atoms with Crippen molar-refractivity contribution in [1.82, 2.24) is 5.32 Å². The first-order valence-electron chi connectivity index (χ1n) is 7.14. The predicted octanol–water partition coefficient (Wildman–Crippen LogP) is 4.42. The fourth-order valence-electron chi connectivity index (χ4n) is 2.42. The summed E-state index contributed by atoms with van der Waals surface area (Å²) >= 11 is 3.66. The lowest BCUT2D eigenvalue weighted by molar-refractivity contribution is 0.248. The molecule has 3 heteroatoms. The van der Waals surface area contributed by atoms with Gasteiger partial charge in [0.05, 0.1) is 7.11 Å². The minimum absolute atomic E-state index is 0.324. The van der Waals surface area contributed by atoms with Crippen molar-refractivity contribution in [2.75, 3.05) is 20.2 Å². The molecule has 0 aliphatic heterocycles. The number of halogens is 1. The van der Waals surface area contributed by atoms with Crippen LogP contribution in [0, 0.1) is 5.41 Å². The van der Waals surface area contributed by atoms with Crippen LogP contribution in [0.5, 0.6) is 5.75 Å². The van der Waals surface area contributed by atoms with Gasteiger partial charge in [-0.05, 0) is 55.0 Å². The van der Waals surface area contributed by atoms with Crippen molar-refractivity contribution in [3.63, 3.8) is 0 Å². The molecule has 0 spiro atoms. The highest BCUT2D eigenvalue weighted by Gasteiger charge is 2.27. The van der Waals surface area contributed by atoms with E-state index in [0.29, 0.717) is 5.41 Å². The first-order chi connectivity index (χ1) is 9.10. The highest BCUT2D eigenvalue weighted by atomic mass is 79.9. The van der Waals surface area contributed by atoms with Crippen molar-refractivity contribution in [2.45, 2.75) is 40.0 Å². The van der Waals surface area contributed by atoms with E-state index in [9.17, 15) is 0 Å². The summed E-state index contributed by atoms with van der Waals surface area (Å²) in [4.78, 5) is 0. The van der Waals surface area contributed by atoms with Crippen molar-refractivity contribution >= 4 is 15.9 Å². The lowest BCUT2D eigenvalue weighted by atomic mass is 9.77. The maximum absolute atomic E-state index is 5.34. The molecule has 19 heavy (non-hydrogen) atoms. The molecule has 108 valence electrons. The highest BCUT2D eigenvalue weighted by molar-refractivity contribution is 9.10. The van der Waals surface area contributed by atoms with Crippen LogP contribution in [0.2, 0.25) is 0 Å². The Hall–Kier alpha value is -0.540. The molecule has 0 bridgehead atoms. The molecule has 1 aromatic rings. The van der Waals surface area contributed by atoms with Gasteiger partial charge in [-0.3, -0.25) is 0 Å². The fraction of sp³-hybridized carbons (Fsp3) is 0.625. The first kappa shape index (κ1) is 16.5. The molecule has 0 fully saturated rings. The molecule has 0 radical (unpaired) electrons. The smallest absolute Gasteiger partial charge is 0.119 e. The monoisotopic (exact) mass is 327 g/mol. The topological polar surface area (TPSA) is 21.3 Å². The SMILES string of the molecule is CCNCC(CC)(CC)Cc1cc(OC)ccc1Br. The third-order valence-corrected chi connectivity index (χ3v) is 4.84. The van der Waals surface area contributed by atoms with Gasteiger partial charge < -0.3 is 10.1 Å². The lowest BCUT2D eigenvalue weighted by Crippen LogP contribution is -2.35. The van der Waals surface area contributed by atoms with Gasteiger partial charge in [0.15, 0.2) is 0 Å². The second-order valence-electron chi connectivity index (χ2n) is 5.12. The summed E-state index contributed by atoms with van der Waals surface area (Å²) in [6.45, 7) is 8.84. The van der Waals surface area contributed by atoms with E-state index in [4.69, 9.17) is 4.74 Å². The number of rotatable bonds is 8. The van der Waals surface area contributed by atoms with Gasteiger partial charge in [0, 0.05) is 11.0 Å². The number of nitrogens with one attached hydrogen (secondary N) is 1.